The van der Waals surface area contributed by atoms with Crippen molar-refractivity contribution in [3.8, 4) is 5.75 Å². The molecule has 144 valence electrons. The molecule has 1 unspecified atom stereocenters. The van der Waals surface area contributed by atoms with Gasteiger partial charge in [-0.1, -0.05) is 0 Å². The van der Waals surface area contributed by atoms with Crippen LogP contribution in [-0.2, 0) is 4.74 Å². The molecular weight excluding hydrogens is 348 g/mol. The molecule has 2 atom stereocenters. The fourth-order valence-corrected chi connectivity index (χ4v) is 4.25. The van der Waals surface area contributed by atoms with Crippen molar-refractivity contribution in [3.63, 3.8) is 0 Å². The molecule has 1 spiro atoms. The van der Waals surface area contributed by atoms with E-state index in [2.05, 4.69) is 10.3 Å². The Hall–Kier alpha value is -2.51. The first-order valence-corrected chi connectivity index (χ1v) is 9.71. The normalized spacial score (nSPS) is 28.3. The number of pyridine rings is 1. The van der Waals surface area contributed by atoms with Crippen LogP contribution in [0.4, 0.5) is 10.6 Å². The Labute approximate surface area is 157 Å². The predicted octanol–water partition coefficient (Wildman–Crippen LogP) is 1.86. The van der Waals surface area contributed by atoms with Crippen LogP contribution in [0.5, 0.6) is 5.75 Å². The van der Waals surface area contributed by atoms with E-state index >= 15 is 0 Å². The Bertz CT molecular complexity index is 794. The Kier molecular flexibility index (Phi) is 3.70. The molecule has 1 aromatic rings. The lowest BCUT2D eigenvalue weighted by Crippen LogP contribution is -2.39. The highest BCUT2D eigenvalue weighted by Gasteiger charge is 2.44. The maximum Gasteiger partial charge on any atom is 0.410 e. The molecule has 1 aromatic heterocycles. The van der Waals surface area contributed by atoms with E-state index in [4.69, 9.17) is 9.47 Å². The van der Waals surface area contributed by atoms with Gasteiger partial charge in [0, 0.05) is 31.2 Å². The molecule has 2 amide bonds. The second-order valence-electron chi connectivity index (χ2n) is 8.11. The number of fused-ring (bicyclic) bond motifs is 1. The van der Waals surface area contributed by atoms with Crippen molar-refractivity contribution in [1.82, 2.24) is 14.8 Å². The van der Waals surface area contributed by atoms with Crippen molar-refractivity contribution in [2.45, 2.75) is 50.3 Å². The lowest BCUT2D eigenvalue weighted by Gasteiger charge is -2.22. The number of hydrogen-bond acceptors (Lipinski definition) is 6. The standard InChI is InChI=1S/C19H24N4O4/c1-12-10-23(18(25)27-12)14-2-6-22(11-14)17(24)13-8-15-16(20-9-13)21-19(3-4-19)5-7-26-15/h8-9,12,14H,2-7,10-11H2,1H3,(H,20,21)/t12?,14-/m0/s1. The molecule has 1 saturated carbocycles. The Morgan fingerprint density at radius 1 is 1.33 bits per heavy atom. The number of carbonyl (C=O) groups is 2. The van der Waals surface area contributed by atoms with Gasteiger partial charge in [0.15, 0.2) is 11.6 Å². The predicted molar refractivity (Wildman–Crippen MR) is 96.9 cm³/mol. The van der Waals surface area contributed by atoms with Crippen molar-refractivity contribution >= 4 is 17.8 Å². The third kappa shape index (κ3) is 2.96. The number of likely N-dealkylation sites (tertiary alicyclic amines) is 1. The van der Waals surface area contributed by atoms with Crippen molar-refractivity contribution in [3.05, 3.63) is 17.8 Å². The molecule has 8 nitrogen and oxygen atoms in total. The average molecular weight is 372 g/mol. The molecule has 8 heteroatoms. The second-order valence-corrected chi connectivity index (χ2v) is 8.11. The van der Waals surface area contributed by atoms with Crippen LogP contribution < -0.4 is 10.1 Å². The number of anilines is 1. The zero-order valence-electron chi connectivity index (χ0n) is 15.4. The lowest BCUT2D eigenvalue weighted by atomic mass is 10.2. The Morgan fingerprint density at radius 2 is 2.19 bits per heavy atom. The average Bonchev–Trinajstić information content (AvgIpc) is 3.14. The van der Waals surface area contributed by atoms with Gasteiger partial charge < -0.3 is 19.7 Å². The number of rotatable bonds is 2. The first-order chi connectivity index (χ1) is 13.0. The molecule has 2 saturated heterocycles. The van der Waals surface area contributed by atoms with E-state index in [0.29, 0.717) is 37.6 Å². The topological polar surface area (TPSA) is 84.0 Å². The number of cyclic esters (lactones) is 1. The molecular formula is C19H24N4O4. The second kappa shape index (κ2) is 6.00. The largest absolute Gasteiger partial charge is 0.490 e. The van der Waals surface area contributed by atoms with Gasteiger partial charge in [-0.05, 0) is 32.3 Å². The highest BCUT2D eigenvalue weighted by Crippen LogP contribution is 2.45. The first kappa shape index (κ1) is 16.6. The Balaban J connectivity index is 1.29. The zero-order chi connectivity index (χ0) is 18.6. The highest BCUT2D eigenvalue weighted by atomic mass is 16.6. The third-order valence-corrected chi connectivity index (χ3v) is 6.06. The number of carbonyl (C=O) groups excluding carboxylic acids is 2. The van der Waals surface area contributed by atoms with Crippen molar-refractivity contribution < 1.29 is 19.1 Å². The summed E-state index contributed by atoms with van der Waals surface area (Å²) in [5, 5.41) is 3.48. The van der Waals surface area contributed by atoms with Gasteiger partial charge in [0.25, 0.3) is 5.91 Å². The van der Waals surface area contributed by atoms with Gasteiger partial charge in [0.05, 0.1) is 24.8 Å². The minimum atomic E-state index is -0.276. The van der Waals surface area contributed by atoms with Crippen LogP contribution in [0, 0.1) is 0 Å². The molecule has 0 radical (unpaired) electrons. The van der Waals surface area contributed by atoms with Gasteiger partial charge in [0.2, 0.25) is 0 Å². The lowest BCUT2D eigenvalue weighted by molar-refractivity contribution is 0.0779. The van der Waals surface area contributed by atoms with Gasteiger partial charge >= 0.3 is 6.09 Å². The van der Waals surface area contributed by atoms with Crippen LogP contribution >= 0.6 is 0 Å². The highest BCUT2D eigenvalue weighted by molar-refractivity contribution is 5.95. The fraction of sp³-hybridized carbons (Fsp3) is 0.632. The number of nitrogens with one attached hydrogen (secondary N) is 1. The summed E-state index contributed by atoms with van der Waals surface area (Å²) in [4.78, 5) is 32.9. The van der Waals surface area contributed by atoms with E-state index < -0.39 is 0 Å². The van der Waals surface area contributed by atoms with Crippen LogP contribution in [0.1, 0.15) is 43.0 Å². The van der Waals surface area contributed by atoms with Gasteiger partial charge in [-0.3, -0.25) is 9.69 Å². The van der Waals surface area contributed by atoms with Crippen LogP contribution in [0.3, 0.4) is 0 Å². The molecule has 3 fully saturated rings. The van der Waals surface area contributed by atoms with Crippen molar-refractivity contribution in [2.75, 3.05) is 31.6 Å². The smallest absolute Gasteiger partial charge is 0.410 e. The van der Waals surface area contributed by atoms with Crippen LogP contribution in [0.15, 0.2) is 12.3 Å². The molecule has 0 bridgehead atoms. The van der Waals surface area contributed by atoms with E-state index in [1.165, 1.54) is 0 Å². The minimum Gasteiger partial charge on any atom is -0.490 e. The summed E-state index contributed by atoms with van der Waals surface area (Å²) in [5.41, 5.74) is 0.674. The van der Waals surface area contributed by atoms with E-state index in [1.807, 2.05) is 6.92 Å². The number of hydrogen-bond donors (Lipinski definition) is 1. The molecule has 1 N–H and O–H groups in total. The molecule has 27 heavy (non-hydrogen) atoms. The molecule has 5 rings (SSSR count). The summed E-state index contributed by atoms with van der Waals surface area (Å²) in [6.45, 7) is 4.27. The van der Waals surface area contributed by atoms with Crippen LogP contribution in [0.25, 0.3) is 0 Å². The summed E-state index contributed by atoms with van der Waals surface area (Å²) in [5.74, 6) is 1.31. The third-order valence-electron chi connectivity index (χ3n) is 6.06. The Morgan fingerprint density at radius 3 is 2.93 bits per heavy atom. The molecule has 0 aromatic carbocycles. The van der Waals surface area contributed by atoms with Gasteiger partial charge in [0.1, 0.15) is 6.10 Å². The summed E-state index contributed by atoms with van der Waals surface area (Å²) < 4.78 is 11.1. The van der Waals surface area contributed by atoms with Crippen LogP contribution in [0.2, 0.25) is 0 Å². The van der Waals surface area contributed by atoms with E-state index in [9.17, 15) is 9.59 Å². The number of aromatic nitrogens is 1. The van der Waals surface area contributed by atoms with Gasteiger partial charge in [-0.2, -0.15) is 0 Å². The maximum absolute atomic E-state index is 12.9. The number of nitrogens with zero attached hydrogens (tertiary/aromatic N) is 3. The molecule has 1 aliphatic carbocycles. The summed E-state index contributed by atoms with van der Waals surface area (Å²) in [6.07, 6.45) is 5.28. The maximum atomic E-state index is 12.9. The summed E-state index contributed by atoms with van der Waals surface area (Å²) in [6, 6.07) is 1.81. The van der Waals surface area contributed by atoms with E-state index in [0.717, 1.165) is 31.5 Å². The van der Waals surface area contributed by atoms with Crippen LogP contribution in [-0.4, -0.2) is 70.7 Å². The van der Waals surface area contributed by atoms with Crippen molar-refractivity contribution in [2.24, 2.45) is 0 Å². The molecule has 3 aliphatic heterocycles. The van der Waals surface area contributed by atoms with Crippen molar-refractivity contribution in [1.29, 1.82) is 0 Å². The molecule has 4 aliphatic rings. The summed E-state index contributed by atoms with van der Waals surface area (Å²) >= 11 is 0. The minimum absolute atomic E-state index is 0.0211. The van der Waals surface area contributed by atoms with Gasteiger partial charge in [-0.25, -0.2) is 9.78 Å². The number of ether oxygens (including phenoxy) is 2. The number of amides is 2. The summed E-state index contributed by atoms with van der Waals surface area (Å²) in [7, 11) is 0. The van der Waals surface area contributed by atoms with Gasteiger partial charge in [-0.15, -0.1) is 0 Å². The SMILES string of the molecule is CC1CN([C@H]2CCN(C(=O)c3cnc4c(c3)OCCC3(CC3)N4)C2)C(=O)O1. The molecule has 4 heterocycles. The fourth-order valence-electron chi connectivity index (χ4n) is 4.25. The van der Waals surface area contributed by atoms with E-state index in [1.54, 1.807) is 22.1 Å². The van der Waals surface area contributed by atoms with E-state index in [-0.39, 0.29) is 29.7 Å². The first-order valence-electron chi connectivity index (χ1n) is 9.71. The zero-order valence-corrected chi connectivity index (χ0v) is 15.4. The quantitative estimate of drug-likeness (QED) is 0.853. The monoisotopic (exact) mass is 372 g/mol.